The van der Waals surface area contributed by atoms with E-state index in [1.165, 1.54) is 70.4 Å². The molecule has 0 saturated carbocycles. The molecule has 0 aliphatic heterocycles. The van der Waals surface area contributed by atoms with E-state index in [0.29, 0.717) is 16.7 Å². The second-order valence-electron chi connectivity index (χ2n) is 15.7. The Morgan fingerprint density at radius 1 is 0.296 bits per heavy atom. The van der Waals surface area contributed by atoms with Gasteiger partial charge >= 0.3 is 0 Å². The molecule has 0 fully saturated rings. The average Bonchev–Trinajstić information content (AvgIpc) is 4.13. The number of para-hydroxylation sites is 3. The molecule has 0 saturated heterocycles. The first kappa shape index (κ1) is 50.5. The van der Waals surface area contributed by atoms with Gasteiger partial charge in [0.2, 0.25) is 0 Å². The van der Waals surface area contributed by atoms with Crippen LogP contribution in [0, 0.1) is 17.5 Å². The number of hydrogen-bond donors (Lipinski definition) is 3. The third kappa shape index (κ3) is 11.5. The van der Waals surface area contributed by atoms with Crippen LogP contribution in [0.15, 0.2) is 200 Å². The van der Waals surface area contributed by atoms with Gasteiger partial charge in [-0.05, 0) is 143 Å². The molecule has 3 aromatic heterocycles. The molecule has 14 heteroatoms. The Kier molecular flexibility index (Phi) is 16.0. The van der Waals surface area contributed by atoms with Gasteiger partial charge in [-0.15, -0.1) is 34.0 Å². The number of phenols is 3. The van der Waals surface area contributed by atoms with Crippen LogP contribution in [-0.4, -0.2) is 30.3 Å². The number of phenolic OH excluding ortho intramolecular Hbond substituents is 3. The number of halogens is 3. The van der Waals surface area contributed by atoms with Crippen molar-refractivity contribution in [1.29, 1.82) is 0 Å². The van der Waals surface area contributed by atoms with Crippen molar-refractivity contribution in [3.05, 3.63) is 218 Å². The van der Waals surface area contributed by atoms with Gasteiger partial charge in [-0.25, -0.2) is 28.1 Å². The van der Waals surface area contributed by atoms with Gasteiger partial charge in [0.15, 0.2) is 0 Å². The summed E-state index contributed by atoms with van der Waals surface area (Å²) in [6, 6.07) is 58.7. The third-order valence-corrected chi connectivity index (χ3v) is 14.3. The summed E-state index contributed by atoms with van der Waals surface area (Å²) in [5, 5.41) is 32.9. The monoisotopic (exact) mass is 1090 g/mol. The minimum absolute atomic E-state index is 0. The summed E-state index contributed by atoms with van der Waals surface area (Å²) in [5.41, 5.74) is 10.2. The smallest absolute Gasteiger partial charge is 0.128 e. The van der Waals surface area contributed by atoms with Crippen LogP contribution in [0.3, 0.4) is 0 Å². The number of fused-ring (bicyclic) bond motifs is 3. The summed E-state index contributed by atoms with van der Waals surface area (Å²) in [6.45, 7) is 0. The fourth-order valence-electron chi connectivity index (χ4n) is 7.55. The van der Waals surface area contributed by atoms with Gasteiger partial charge in [-0.3, -0.25) is 0 Å². The maximum Gasteiger partial charge on any atom is 0.128 e. The molecule has 71 heavy (non-hydrogen) atoms. The van der Waals surface area contributed by atoms with Gasteiger partial charge in [0, 0.05) is 39.0 Å². The van der Waals surface area contributed by atoms with Crippen molar-refractivity contribution in [2.24, 2.45) is 0 Å². The van der Waals surface area contributed by atoms with E-state index in [0.717, 1.165) is 79.1 Å². The van der Waals surface area contributed by atoms with E-state index in [9.17, 15) is 28.5 Å². The minimum Gasteiger partial charge on any atom is -0.507 e. The molecule has 3 heterocycles. The fraction of sp³-hybridized carbons (Fsp3) is 0. The molecule has 12 rings (SSSR count). The molecule has 0 aliphatic carbocycles. The van der Waals surface area contributed by atoms with Gasteiger partial charge in [0.1, 0.15) is 49.7 Å². The molecule has 6 nitrogen and oxygen atoms in total. The summed E-state index contributed by atoms with van der Waals surface area (Å²) in [4.78, 5) is 13.8. The van der Waals surface area contributed by atoms with E-state index >= 15 is 0 Å². The predicted molar refractivity (Wildman–Crippen MR) is 276 cm³/mol. The zero-order chi connectivity index (χ0) is 47.4. The average molecular weight is 1090 g/mol. The summed E-state index contributed by atoms with van der Waals surface area (Å²) < 4.78 is 42.5. The van der Waals surface area contributed by atoms with Crippen LogP contribution in [0.25, 0.3) is 95.7 Å². The quantitative estimate of drug-likeness (QED) is 0.144. The van der Waals surface area contributed by atoms with Crippen molar-refractivity contribution in [3.8, 4) is 82.3 Å². The van der Waals surface area contributed by atoms with Gasteiger partial charge in [-0.1, -0.05) is 91.0 Å². The summed E-state index contributed by atoms with van der Waals surface area (Å²) in [7, 11) is 0. The molecular weight excluding hydrogens is 1060 g/mol. The molecular formula is C57H36F3N3O3S3Zn2. The number of benzene rings is 9. The zero-order valence-electron chi connectivity index (χ0n) is 37.5. The topological polar surface area (TPSA) is 99.4 Å². The number of aromatic nitrogens is 3. The molecule has 0 bridgehead atoms. The Bertz CT molecular complexity index is 3280. The number of thiazole rings is 3. The van der Waals surface area contributed by atoms with Gasteiger partial charge in [-0.2, -0.15) is 0 Å². The fourth-order valence-corrected chi connectivity index (χ4v) is 10.5. The number of hydrogen-bond acceptors (Lipinski definition) is 9. The van der Waals surface area contributed by atoms with E-state index in [4.69, 9.17) is 0 Å². The Labute approximate surface area is 443 Å². The van der Waals surface area contributed by atoms with Gasteiger partial charge in [0.05, 0.1) is 47.3 Å². The molecule has 0 radical (unpaired) electrons. The van der Waals surface area contributed by atoms with Crippen LogP contribution >= 0.6 is 34.0 Å². The molecule has 0 unspecified atom stereocenters. The van der Waals surface area contributed by atoms with Crippen LogP contribution in [-0.2, 0) is 39.0 Å². The van der Waals surface area contributed by atoms with E-state index in [1.807, 2.05) is 109 Å². The summed E-state index contributed by atoms with van der Waals surface area (Å²) in [5.74, 6) is -0.225. The van der Waals surface area contributed by atoms with Crippen molar-refractivity contribution in [2.45, 2.75) is 0 Å². The van der Waals surface area contributed by atoms with Crippen LogP contribution < -0.4 is 0 Å². The largest absolute Gasteiger partial charge is 0.507 e. The van der Waals surface area contributed by atoms with Crippen LogP contribution in [0.2, 0.25) is 0 Å². The van der Waals surface area contributed by atoms with Crippen molar-refractivity contribution >= 4 is 64.7 Å². The van der Waals surface area contributed by atoms with Gasteiger partial charge in [0.25, 0.3) is 0 Å². The van der Waals surface area contributed by atoms with Gasteiger partial charge < -0.3 is 15.3 Å². The van der Waals surface area contributed by atoms with Crippen molar-refractivity contribution in [3.63, 3.8) is 0 Å². The zero-order valence-corrected chi connectivity index (χ0v) is 45.9. The van der Waals surface area contributed by atoms with Crippen LogP contribution in [0.5, 0.6) is 17.2 Å². The molecule has 340 valence electrons. The Morgan fingerprint density at radius 2 is 0.535 bits per heavy atom. The summed E-state index contributed by atoms with van der Waals surface area (Å²) in [6.07, 6.45) is 0. The first-order valence-electron chi connectivity index (χ1n) is 21.5. The van der Waals surface area contributed by atoms with Crippen molar-refractivity contribution in [2.75, 3.05) is 0 Å². The Morgan fingerprint density at radius 3 is 0.789 bits per heavy atom. The van der Waals surface area contributed by atoms with Crippen LogP contribution in [0.1, 0.15) is 0 Å². The maximum absolute atomic E-state index is 13.1. The van der Waals surface area contributed by atoms with Crippen molar-refractivity contribution in [1.82, 2.24) is 15.0 Å². The molecule has 0 atom stereocenters. The van der Waals surface area contributed by atoms with Crippen LogP contribution in [0.4, 0.5) is 13.2 Å². The molecule has 0 amide bonds. The maximum atomic E-state index is 13.1. The summed E-state index contributed by atoms with van der Waals surface area (Å²) >= 11 is 4.62. The number of nitrogens with zero attached hydrogens (tertiary/aromatic N) is 3. The standard InChI is InChI=1S/3C19H12FNOS.2Zn/c3*20-14-8-5-12(6-9-14)13-7-10-17(22)15(11-13)19-21-16-3-1-2-4-18(16)23-19;;/h3*1-11,22H;;. The second-order valence-corrected chi connectivity index (χ2v) is 18.8. The van der Waals surface area contributed by atoms with E-state index in [1.54, 1.807) is 54.6 Å². The first-order valence-corrected chi connectivity index (χ1v) is 23.9. The predicted octanol–water partition coefficient (Wildman–Crippen LogP) is 16.4. The van der Waals surface area contributed by atoms with E-state index < -0.39 is 0 Å². The third-order valence-electron chi connectivity index (χ3n) is 11.1. The molecule has 3 N–H and O–H groups in total. The molecule has 0 aliphatic rings. The minimum atomic E-state index is -0.265. The number of aromatic hydroxyl groups is 3. The Hall–Kier alpha value is -6.91. The number of rotatable bonds is 6. The van der Waals surface area contributed by atoms with Crippen molar-refractivity contribution < 1.29 is 67.4 Å². The van der Waals surface area contributed by atoms with E-state index in [-0.39, 0.29) is 73.7 Å². The molecule has 0 spiro atoms. The molecule has 9 aromatic carbocycles. The SMILES string of the molecule is Oc1ccc(-c2ccc(F)cc2)cc1-c1nc2ccccc2s1.Oc1ccc(-c2ccc(F)cc2)cc1-c1nc2ccccc2s1.Oc1ccc(-c2ccc(F)cc2)cc1-c1nc2ccccc2s1.[Zn].[Zn]. The molecule has 12 aromatic rings. The Balaban J connectivity index is 0.000000141. The first-order chi connectivity index (χ1) is 33.6. The second kappa shape index (κ2) is 22.4. The normalized spacial score (nSPS) is 10.7. The van der Waals surface area contributed by atoms with E-state index in [2.05, 4.69) is 15.0 Å².